The molecule has 12 nitrogen and oxygen atoms in total. The molecule has 0 amide bonds. The minimum atomic E-state index is -3.32. The van der Waals surface area contributed by atoms with E-state index < -0.39 is 19.7 Å². The van der Waals surface area contributed by atoms with Crippen molar-refractivity contribution in [1.82, 2.24) is 9.97 Å². The highest BCUT2D eigenvalue weighted by Gasteiger charge is 2.10. The van der Waals surface area contributed by atoms with Gasteiger partial charge in [-0.2, -0.15) is 20.2 Å². The number of aromatic nitrogens is 2. The van der Waals surface area contributed by atoms with Crippen LogP contribution >= 0.6 is 0 Å². The molecule has 4 aromatic carbocycles. The van der Waals surface area contributed by atoms with Crippen LogP contribution in [-0.4, -0.2) is 50.7 Å². The van der Waals surface area contributed by atoms with Crippen LogP contribution in [0.1, 0.15) is 25.0 Å². The third-order valence-corrected chi connectivity index (χ3v) is 9.13. The summed E-state index contributed by atoms with van der Waals surface area (Å²) < 4.78 is 53.3. The molecular formula is C34H33N7O5S2. The summed E-state index contributed by atoms with van der Waals surface area (Å²) >= 11 is 0. The molecular weight excluding hydrogens is 651 g/mol. The lowest BCUT2D eigenvalue weighted by Crippen LogP contribution is -2.07. The van der Waals surface area contributed by atoms with Crippen LogP contribution in [0, 0.1) is 0 Å². The number of anilines is 4. The van der Waals surface area contributed by atoms with E-state index in [9.17, 15) is 16.8 Å². The number of hydrazone groups is 2. The Morgan fingerprint density at radius 1 is 0.604 bits per heavy atom. The van der Waals surface area contributed by atoms with E-state index in [1.54, 1.807) is 44.2 Å². The first-order valence-electron chi connectivity index (χ1n) is 14.5. The van der Waals surface area contributed by atoms with Crippen LogP contribution in [0.15, 0.2) is 129 Å². The van der Waals surface area contributed by atoms with Gasteiger partial charge in [0.25, 0.3) is 0 Å². The number of nitrogens with zero attached hydrogens (tertiary/aromatic N) is 4. The van der Waals surface area contributed by atoms with E-state index >= 15 is 0 Å². The Morgan fingerprint density at radius 3 is 1.56 bits per heavy atom. The second-order valence-electron chi connectivity index (χ2n) is 10.7. The van der Waals surface area contributed by atoms with Crippen LogP contribution in [0.2, 0.25) is 0 Å². The van der Waals surface area contributed by atoms with Crippen molar-refractivity contribution in [3.63, 3.8) is 0 Å². The lowest BCUT2D eigenvalue weighted by atomic mass is 10.1. The normalized spacial score (nSPS) is 12.3. The molecule has 48 heavy (non-hydrogen) atoms. The first kappa shape index (κ1) is 33.8. The fourth-order valence-corrected chi connectivity index (χ4v) is 5.57. The van der Waals surface area contributed by atoms with Crippen molar-refractivity contribution in [2.45, 2.75) is 23.6 Å². The lowest BCUT2D eigenvalue weighted by Gasteiger charge is -2.12. The smallest absolute Gasteiger partial charge is 0.231 e. The summed E-state index contributed by atoms with van der Waals surface area (Å²) in [5, 5.41) is 12.1. The van der Waals surface area contributed by atoms with Gasteiger partial charge in [0.2, 0.25) is 5.95 Å². The Labute approximate surface area is 279 Å². The highest BCUT2D eigenvalue weighted by molar-refractivity contribution is 7.91. The molecule has 246 valence electrons. The van der Waals surface area contributed by atoms with Crippen LogP contribution in [0.5, 0.6) is 11.5 Å². The zero-order valence-corrected chi connectivity index (χ0v) is 28.2. The van der Waals surface area contributed by atoms with Gasteiger partial charge in [-0.1, -0.05) is 48.5 Å². The summed E-state index contributed by atoms with van der Waals surface area (Å²) in [7, 11) is -6.64. The van der Waals surface area contributed by atoms with Crippen molar-refractivity contribution in [2.24, 2.45) is 10.2 Å². The molecule has 1 heterocycles. The predicted molar refractivity (Wildman–Crippen MR) is 189 cm³/mol. The molecule has 14 heteroatoms. The van der Waals surface area contributed by atoms with Gasteiger partial charge < -0.3 is 10.1 Å². The van der Waals surface area contributed by atoms with Crippen LogP contribution in [0.25, 0.3) is 0 Å². The van der Waals surface area contributed by atoms with Crippen molar-refractivity contribution in [3.8, 4) is 11.5 Å². The fraction of sp³-hybridized carbons (Fsp3) is 0.118. The molecule has 0 fully saturated rings. The Morgan fingerprint density at radius 2 is 1.08 bits per heavy atom. The summed E-state index contributed by atoms with van der Waals surface area (Å²) in [6.07, 6.45) is 2.31. The monoisotopic (exact) mass is 683 g/mol. The van der Waals surface area contributed by atoms with Gasteiger partial charge in [-0.3, -0.25) is 10.9 Å². The Kier molecular flexibility index (Phi) is 10.2. The average molecular weight is 684 g/mol. The van der Waals surface area contributed by atoms with Crippen molar-refractivity contribution >= 4 is 54.4 Å². The van der Waals surface area contributed by atoms with Gasteiger partial charge in [0.1, 0.15) is 11.5 Å². The summed E-state index contributed by atoms with van der Waals surface area (Å²) in [6, 6.07) is 31.2. The molecule has 3 N–H and O–H groups in total. The molecule has 0 spiro atoms. The molecule has 1 aromatic heterocycles. The number of sulfone groups is 2. The largest absolute Gasteiger partial charge is 0.457 e. The van der Waals surface area contributed by atoms with E-state index in [0.717, 1.165) is 23.6 Å². The summed E-state index contributed by atoms with van der Waals surface area (Å²) in [6.45, 7) is 3.56. The maximum absolute atomic E-state index is 11.8. The summed E-state index contributed by atoms with van der Waals surface area (Å²) in [5.41, 5.74) is 9.19. The summed E-state index contributed by atoms with van der Waals surface area (Å²) in [5.74, 6) is 2.22. The molecule has 0 bridgehead atoms. The zero-order valence-electron chi connectivity index (χ0n) is 26.5. The van der Waals surface area contributed by atoms with Gasteiger partial charge in [0.15, 0.2) is 31.3 Å². The fourth-order valence-electron chi connectivity index (χ4n) is 4.31. The molecule has 0 saturated carbocycles. The van der Waals surface area contributed by atoms with Gasteiger partial charge >= 0.3 is 0 Å². The van der Waals surface area contributed by atoms with E-state index in [1.807, 2.05) is 54.6 Å². The molecule has 5 aromatic rings. The zero-order chi connectivity index (χ0) is 34.3. The summed E-state index contributed by atoms with van der Waals surface area (Å²) in [4.78, 5) is 9.57. The Hall–Kier alpha value is -5.60. The standard InChI is InChI=1S/C34H33N7O5S2/c1-23(25-13-17-30(18-14-25)47(3,42)43)38-40-32-22-33(41-39-24(2)26-15-19-31(20-16-26)48(4,44)45)37-34(36-32)35-27-9-8-12-29(21-27)46-28-10-6-5-7-11-28/h5-22H,1-4H3,(H3,35,36,37,40,41). The molecule has 0 aliphatic heterocycles. The van der Waals surface area contributed by atoms with Crippen LogP contribution in [0.4, 0.5) is 23.3 Å². The third-order valence-electron chi connectivity index (χ3n) is 6.87. The van der Waals surface area contributed by atoms with Gasteiger partial charge in [-0.25, -0.2) is 16.8 Å². The minimum Gasteiger partial charge on any atom is -0.457 e. The number of hydrogen-bond donors (Lipinski definition) is 3. The molecule has 0 aliphatic carbocycles. The van der Waals surface area contributed by atoms with Crippen molar-refractivity contribution in [3.05, 3.63) is 120 Å². The van der Waals surface area contributed by atoms with Crippen molar-refractivity contribution in [1.29, 1.82) is 0 Å². The molecule has 5 rings (SSSR count). The van der Waals surface area contributed by atoms with Crippen molar-refractivity contribution < 1.29 is 21.6 Å². The number of benzene rings is 4. The Balaban J connectivity index is 1.41. The van der Waals surface area contributed by atoms with E-state index in [4.69, 9.17) is 4.74 Å². The van der Waals surface area contributed by atoms with Gasteiger partial charge in [-0.15, -0.1) is 0 Å². The van der Waals surface area contributed by atoms with E-state index in [1.165, 1.54) is 24.3 Å². The van der Waals surface area contributed by atoms with E-state index in [0.29, 0.717) is 40.2 Å². The first-order chi connectivity index (χ1) is 22.8. The van der Waals surface area contributed by atoms with Crippen molar-refractivity contribution in [2.75, 3.05) is 28.7 Å². The maximum Gasteiger partial charge on any atom is 0.231 e. The Bertz CT molecular complexity index is 2080. The van der Waals surface area contributed by atoms with Gasteiger partial charge in [-0.05, 0) is 73.5 Å². The molecule has 0 radical (unpaired) electrons. The molecule has 0 unspecified atom stereocenters. The van der Waals surface area contributed by atoms with E-state index in [-0.39, 0.29) is 15.7 Å². The lowest BCUT2D eigenvalue weighted by molar-refractivity contribution is 0.483. The van der Waals surface area contributed by atoms with Gasteiger partial charge in [0, 0.05) is 30.3 Å². The average Bonchev–Trinajstić information content (AvgIpc) is 3.06. The molecule has 0 atom stereocenters. The number of hydrogen-bond acceptors (Lipinski definition) is 12. The number of ether oxygens (including phenoxy) is 1. The number of rotatable bonds is 12. The highest BCUT2D eigenvalue weighted by atomic mass is 32.2. The maximum atomic E-state index is 11.8. The second kappa shape index (κ2) is 14.4. The third kappa shape index (κ3) is 9.24. The van der Waals surface area contributed by atoms with E-state index in [2.05, 4.69) is 36.3 Å². The molecule has 0 aliphatic rings. The predicted octanol–water partition coefficient (Wildman–Crippen LogP) is 6.49. The minimum absolute atomic E-state index is 0.217. The number of nitrogens with one attached hydrogen (secondary N) is 3. The topological polar surface area (TPSA) is 164 Å². The van der Waals surface area contributed by atoms with Crippen LogP contribution in [-0.2, 0) is 19.7 Å². The number of para-hydroxylation sites is 1. The van der Waals surface area contributed by atoms with Crippen LogP contribution in [0.3, 0.4) is 0 Å². The van der Waals surface area contributed by atoms with Gasteiger partial charge in [0.05, 0.1) is 21.2 Å². The first-order valence-corrected chi connectivity index (χ1v) is 18.3. The second-order valence-corrected chi connectivity index (χ2v) is 14.8. The quantitative estimate of drug-likeness (QED) is 0.0978. The molecule has 0 saturated heterocycles. The SMILES string of the molecule is CC(=NNc1cc(NN=C(C)c2ccc(S(C)(=O)=O)cc2)nc(Nc2cccc(Oc3ccccc3)c2)n1)c1ccc(S(C)(=O)=O)cc1. The highest BCUT2D eigenvalue weighted by Crippen LogP contribution is 2.26. The van der Waals surface area contributed by atoms with Crippen LogP contribution < -0.4 is 20.9 Å².